The van der Waals surface area contributed by atoms with Crippen molar-refractivity contribution in [2.45, 2.75) is 59.1 Å². The molecule has 0 aliphatic rings. The van der Waals surface area contributed by atoms with E-state index in [0.717, 1.165) is 25.8 Å². The summed E-state index contributed by atoms with van der Waals surface area (Å²) >= 11 is 0. The summed E-state index contributed by atoms with van der Waals surface area (Å²) in [5.74, 6) is 0. The second-order valence-corrected chi connectivity index (χ2v) is 5.45. The number of rotatable bonds is 8. The van der Waals surface area contributed by atoms with Gasteiger partial charge in [0.25, 0.3) is 0 Å². The van der Waals surface area contributed by atoms with E-state index in [4.69, 9.17) is 4.74 Å². The van der Waals surface area contributed by atoms with Gasteiger partial charge in [0.15, 0.2) is 0 Å². The van der Waals surface area contributed by atoms with Gasteiger partial charge in [0, 0.05) is 13.2 Å². The average Bonchev–Trinajstić information content (AvgIpc) is 2.39. The highest BCUT2D eigenvalue weighted by molar-refractivity contribution is 5.34. The van der Waals surface area contributed by atoms with Crippen LogP contribution >= 0.6 is 0 Å². The van der Waals surface area contributed by atoms with E-state index in [9.17, 15) is 0 Å². The number of ether oxygens (including phenoxy) is 1. The minimum absolute atomic E-state index is 0.346. The number of aryl methyl sites for hydroxylation is 2. The molecule has 0 bridgehead atoms. The molecule has 0 spiro atoms. The molecule has 1 aromatic carbocycles. The van der Waals surface area contributed by atoms with Gasteiger partial charge in [-0.05, 0) is 63.3 Å². The molecule has 0 saturated carbocycles. The first-order chi connectivity index (χ1) is 9.08. The van der Waals surface area contributed by atoms with Crippen molar-refractivity contribution in [2.75, 3.05) is 13.7 Å². The topological polar surface area (TPSA) is 21.3 Å². The van der Waals surface area contributed by atoms with Gasteiger partial charge in [-0.1, -0.05) is 25.1 Å². The van der Waals surface area contributed by atoms with Gasteiger partial charge in [0.2, 0.25) is 0 Å². The normalized spacial score (nSPS) is 14.4. The van der Waals surface area contributed by atoms with Gasteiger partial charge in [0.1, 0.15) is 0 Å². The summed E-state index contributed by atoms with van der Waals surface area (Å²) in [6.07, 6.45) is 3.73. The Hall–Kier alpha value is -0.860. The van der Waals surface area contributed by atoms with Gasteiger partial charge in [-0.2, -0.15) is 0 Å². The van der Waals surface area contributed by atoms with E-state index >= 15 is 0 Å². The lowest BCUT2D eigenvalue weighted by atomic mass is 9.94. The smallest absolute Gasteiger partial charge is 0.0543 e. The summed E-state index contributed by atoms with van der Waals surface area (Å²) in [5.41, 5.74) is 4.31. The summed E-state index contributed by atoms with van der Waals surface area (Å²) in [7, 11) is 1.79. The summed E-state index contributed by atoms with van der Waals surface area (Å²) in [6.45, 7) is 9.77. The maximum absolute atomic E-state index is 5.35. The second kappa shape index (κ2) is 8.34. The number of likely N-dealkylation sites (N-methyl/N-ethyl adjacent to an activating group) is 1. The quantitative estimate of drug-likeness (QED) is 0.773. The Labute approximate surface area is 118 Å². The third-order valence-electron chi connectivity index (χ3n) is 3.91. The van der Waals surface area contributed by atoms with Crippen LogP contribution in [-0.4, -0.2) is 25.8 Å². The molecule has 2 unspecified atom stereocenters. The lowest BCUT2D eigenvalue weighted by molar-refractivity contribution is 0.106. The van der Waals surface area contributed by atoms with Crippen molar-refractivity contribution >= 4 is 0 Å². The van der Waals surface area contributed by atoms with Gasteiger partial charge < -0.3 is 10.1 Å². The Kier molecular flexibility index (Phi) is 7.11. The first-order valence-electron chi connectivity index (χ1n) is 7.39. The molecule has 1 N–H and O–H groups in total. The highest BCUT2D eigenvalue weighted by Crippen LogP contribution is 2.17. The fourth-order valence-corrected chi connectivity index (χ4v) is 2.54. The van der Waals surface area contributed by atoms with E-state index in [1.165, 1.54) is 16.7 Å². The van der Waals surface area contributed by atoms with Gasteiger partial charge >= 0.3 is 0 Å². The Morgan fingerprint density at radius 2 is 1.79 bits per heavy atom. The van der Waals surface area contributed by atoms with Gasteiger partial charge in [-0.25, -0.2) is 0 Å². The minimum atomic E-state index is 0.346. The number of methoxy groups -OCH3 is 1. The number of hydrogen-bond acceptors (Lipinski definition) is 2. The third-order valence-corrected chi connectivity index (χ3v) is 3.91. The van der Waals surface area contributed by atoms with E-state index in [2.05, 4.69) is 51.2 Å². The monoisotopic (exact) mass is 263 g/mol. The fraction of sp³-hybridized carbons (Fsp3) is 0.647. The van der Waals surface area contributed by atoms with Gasteiger partial charge in [0.05, 0.1) is 6.10 Å². The second-order valence-electron chi connectivity index (χ2n) is 5.45. The van der Waals surface area contributed by atoms with Gasteiger partial charge in [-0.3, -0.25) is 0 Å². The molecular formula is C17H29NO. The van der Waals surface area contributed by atoms with Crippen molar-refractivity contribution in [1.82, 2.24) is 5.32 Å². The van der Waals surface area contributed by atoms with Crippen LogP contribution in [0.5, 0.6) is 0 Å². The molecule has 1 aromatic rings. The molecule has 108 valence electrons. The summed E-state index contributed by atoms with van der Waals surface area (Å²) in [6, 6.07) is 7.11. The molecule has 0 aromatic heterocycles. The fourth-order valence-electron chi connectivity index (χ4n) is 2.54. The predicted molar refractivity (Wildman–Crippen MR) is 82.8 cm³/mol. The molecule has 0 aliphatic heterocycles. The van der Waals surface area contributed by atoms with Crippen molar-refractivity contribution in [3.05, 3.63) is 34.9 Å². The van der Waals surface area contributed by atoms with Crippen LogP contribution < -0.4 is 5.32 Å². The van der Waals surface area contributed by atoms with Crippen molar-refractivity contribution in [2.24, 2.45) is 0 Å². The zero-order chi connectivity index (χ0) is 14.3. The number of nitrogens with one attached hydrogen (secondary N) is 1. The Bertz CT molecular complexity index is 355. The molecule has 0 amide bonds. The summed E-state index contributed by atoms with van der Waals surface area (Å²) in [5, 5.41) is 3.61. The minimum Gasteiger partial charge on any atom is -0.382 e. The van der Waals surface area contributed by atoms with Crippen molar-refractivity contribution in [3.8, 4) is 0 Å². The van der Waals surface area contributed by atoms with E-state index < -0.39 is 0 Å². The lowest BCUT2D eigenvalue weighted by Gasteiger charge is -2.21. The Morgan fingerprint density at radius 1 is 1.16 bits per heavy atom. The highest BCUT2D eigenvalue weighted by atomic mass is 16.5. The molecule has 0 aliphatic carbocycles. The summed E-state index contributed by atoms with van der Waals surface area (Å²) < 4.78 is 5.35. The largest absolute Gasteiger partial charge is 0.382 e. The molecule has 0 radical (unpaired) electrons. The van der Waals surface area contributed by atoms with Crippen LogP contribution in [0.2, 0.25) is 0 Å². The van der Waals surface area contributed by atoms with E-state index in [0.29, 0.717) is 12.1 Å². The van der Waals surface area contributed by atoms with E-state index in [1.807, 2.05) is 0 Å². The molecule has 2 atom stereocenters. The Balaban J connectivity index is 2.67. The first-order valence-corrected chi connectivity index (χ1v) is 7.39. The average molecular weight is 263 g/mol. The first kappa shape index (κ1) is 16.2. The van der Waals surface area contributed by atoms with E-state index in [1.54, 1.807) is 7.11 Å². The lowest BCUT2D eigenvalue weighted by Crippen LogP contribution is -2.32. The van der Waals surface area contributed by atoms with Crippen LogP contribution in [0.4, 0.5) is 0 Å². The SMILES string of the molecule is CCNC(CCC(C)OC)Cc1c(C)cccc1C. The van der Waals surface area contributed by atoms with Crippen LogP contribution in [0.25, 0.3) is 0 Å². The van der Waals surface area contributed by atoms with Crippen LogP contribution in [0.1, 0.15) is 43.4 Å². The molecule has 2 nitrogen and oxygen atoms in total. The standard InChI is InChI=1S/C17H29NO/c1-6-18-16(11-10-15(4)19-5)12-17-13(2)8-7-9-14(17)3/h7-9,15-16,18H,6,10-12H2,1-5H3. The maximum atomic E-state index is 5.35. The molecule has 19 heavy (non-hydrogen) atoms. The van der Waals surface area contributed by atoms with Gasteiger partial charge in [-0.15, -0.1) is 0 Å². The van der Waals surface area contributed by atoms with Crippen molar-refractivity contribution in [3.63, 3.8) is 0 Å². The van der Waals surface area contributed by atoms with Crippen LogP contribution in [-0.2, 0) is 11.2 Å². The number of hydrogen-bond donors (Lipinski definition) is 1. The maximum Gasteiger partial charge on any atom is 0.0543 e. The third kappa shape index (κ3) is 5.33. The molecular weight excluding hydrogens is 234 g/mol. The molecule has 0 heterocycles. The highest BCUT2D eigenvalue weighted by Gasteiger charge is 2.13. The van der Waals surface area contributed by atoms with Crippen LogP contribution in [0.15, 0.2) is 18.2 Å². The van der Waals surface area contributed by atoms with Crippen LogP contribution in [0, 0.1) is 13.8 Å². The molecule has 2 heteroatoms. The predicted octanol–water partition coefficient (Wildman–Crippen LogP) is 3.64. The van der Waals surface area contributed by atoms with Crippen molar-refractivity contribution < 1.29 is 4.74 Å². The molecule has 0 saturated heterocycles. The summed E-state index contributed by atoms with van der Waals surface area (Å²) in [4.78, 5) is 0. The zero-order valence-corrected chi connectivity index (χ0v) is 13.1. The van der Waals surface area contributed by atoms with E-state index in [-0.39, 0.29) is 0 Å². The zero-order valence-electron chi connectivity index (χ0n) is 13.1. The molecule has 0 fully saturated rings. The number of benzene rings is 1. The van der Waals surface area contributed by atoms with Crippen LogP contribution in [0.3, 0.4) is 0 Å². The Morgan fingerprint density at radius 3 is 2.32 bits per heavy atom. The molecule has 1 rings (SSSR count). The van der Waals surface area contributed by atoms with Crippen molar-refractivity contribution in [1.29, 1.82) is 0 Å².